The van der Waals surface area contributed by atoms with E-state index in [1.165, 1.54) is 0 Å². The van der Waals surface area contributed by atoms with Crippen LogP contribution in [0.3, 0.4) is 0 Å². The van der Waals surface area contributed by atoms with Gasteiger partial charge in [-0.25, -0.2) is 0 Å². The molecular weight excluding hydrogens is 243 g/mol. The van der Waals surface area contributed by atoms with Gasteiger partial charge >= 0.3 is 7.48 Å². The Morgan fingerprint density at radius 2 is 1.42 bits per heavy atom. The maximum absolute atomic E-state index is 10.0. The third-order valence-corrected chi connectivity index (χ3v) is 3.34. The van der Waals surface area contributed by atoms with Crippen LogP contribution < -0.4 is 14.9 Å². The lowest BCUT2D eigenvalue weighted by Gasteiger charge is -2.37. The zero-order chi connectivity index (χ0) is 14.7. The average Bonchev–Trinajstić information content (AvgIpc) is 2.34. The fourth-order valence-electron chi connectivity index (χ4n) is 1.26. The first-order chi connectivity index (χ1) is 8.69. The van der Waals surface area contributed by atoms with Crippen LogP contribution in [0.1, 0.15) is 27.7 Å². The average molecular weight is 265 g/mol. The highest BCUT2D eigenvalue weighted by molar-refractivity contribution is 6.47. The normalized spacial score (nSPS) is 12.2. The molecular formula is C14H22BO4. The second kappa shape index (κ2) is 5.84. The van der Waals surface area contributed by atoms with Gasteiger partial charge in [0, 0.05) is 6.07 Å². The van der Waals surface area contributed by atoms with Crippen LogP contribution in [0.15, 0.2) is 18.2 Å². The van der Waals surface area contributed by atoms with E-state index < -0.39 is 11.2 Å². The Morgan fingerprint density at radius 3 is 1.79 bits per heavy atom. The fraction of sp³-hybridized carbons (Fsp3) is 0.571. The number of aliphatic hydroxyl groups is 1. The van der Waals surface area contributed by atoms with E-state index in [0.29, 0.717) is 11.5 Å². The molecule has 0 fully saturated rings. The minimum absolute atomic E-state index is 0.690. The summed E-state index contributed by atoms with van der Waals surface area (Å²) in [5.74, 6) is 1.38. The first kappa shape index (κ1) is 15.9. The Bertz CT molecular complexity index is 402. The highest BCUT2D eigenvalue weighted by atomic mass is 16.5. The van der Waals surface area contributed by atoms with Gasteiger partial charge in [-0.3, -0.25) is 0 Å². The molecule has 1 N–H and O–H groups in total. The van der Waals surface area contributed by atoms with Crippen molar-refractivity contribution < 1.29 is 19.2 Å². The molecule has 19 heavy (non-hydrogen) atoms. The molecule has 0 bridgehead atoms. The standard InChI is InChI=1S/C14H22BO4/c1-13(2,16)14(3,4)19-15-10-7-11(17-5)9-12(8-10)18-6/h7-9,16H,1-6H3. The Hall–Kier alpha value is -1.20. The molecule has 105 valence electrons. The van der Waals surface area contributed by atoms with Crippen LogP contribution in [0.25, 0.3) is 0 Å². The van der Waals surface area contributed by atoms with Crippen LogP contribution >= 0.6 is 0 Å². The lowest BCUT2D eigenvalue weighted by atomic mass is 9.82. The zero-order valence-electron chi connectivity index (χ0n) is 12.5. The number of hydrogen-bond donors (Lipinski definition) is 1. The van der Waals surface area contributed by atoms with Crippen molar-refractivity contribution in [3.8, 4) is 11.5 Å². The van der Waals surface area contributed by atoms with Crippen molar-refractivity contribution in [1.29, 1.82) is 0 Å². The van der Waals surface area contributed by atoms with E-state index in [-0.39, 0.29) is 0 Å². The summed E-state index contributed by atoms with van der Waals surface area (Å²) in [6.45, 7) is 7.10. The second-order valence-corrected chi connectivity index (χ2v) is 5.45. The number of benzene rings is 1. The molecule has 0 aliphatic rings. The fourth-order valence-corrected chi connectivity index (χ4v) is 1.26. The molecule has 0 unspecified atom stereocenters. The first-order valence-electron chi connectivity index (χ1n) is 6.16. The molecule has 0 amide bonds. The van der Waals surface area contributed by atoms with Crippen molar-refractivity contribution in [3.63, 3.8) is 0 Å². The van der Waals surface area contributed by atoms with E-state index >= 15 is 0 Å². The van der Waals surface area contributed by atoms with E-state index in [0.717, 1.165) is 5.46 Å². The topological polar surface area (TPSA) is 47.9 Å². The van der Waals surface area contributed by atoms with Gasteiger partial charge in [-0.2, -0.15) is 0 Å². The predicted molar refractivity (Wildman–Crippen MR) is 76.4 cm³/mol. The van der Waals surface area contributed by atoms with Crippen molar-refractivity contribution in [2.45, 2.75) is 38.9 Å². The zero-order valence-corrected chi connectivity index (χ0v) is 12.5. The lowest BCUT2D eigenvalue weighted by Crippen LogP contribution is -2.49. The number of rotatable bonds is 6. The van der Waals surface area contributed by atoms with Gasteiger partial charge in [-0.1, -0.05) is 0 Å². The van der Waals surface area contributed by atoms with E-state index in [9.17, 15) is 5.11 Å². The quantitative estimate of drug-likeness (QED) is 0.792. The van der Waals surface area contributed by atoms with Gasteiger partial charge in [0.05, 0.1) is 25.4 Å². The Balaban J connectivity index is 2.83. The van der Waals surface area contributed by atoms with Gasteiger partial charge in [0.2, 0.25) is 0 Å². The molecule has 1 radical (unpaired) electrons. The monoisotopic (exact) mass is 265 g/mol. The third-order valence-electron chi connectivity index (χ3n) is 3.34. The number of methoxy groups -OCH3 is 2. The van der Waals surface area contributed by atoms with Crippen LogP contribution in [0.5, 0.6) is 11.5 Å². The SMILES string of the molecule is COc1cc([B]OC(C)(C)C(C)(C)O)cc(OC)c1. The summed E-state index contributed by atoms with van der Waals surface area (Å²) in [4.78, 5) is 0. The van der Waals surface area contributed by atoms with Gasteiger partial charge in [0.15, 0.2) is 0 Å². The van der Waals surface area contributed by atoms with Crippen molar-refractivity contribution in [3.05, 3.63) is 18.2 Å². The summed E-state index contributed by atoms with van der Waals surface area (Å²) in [6.07, 6.45) is 0. The second-order valence-electron chi connectivity index (χ2n) is 5.45. The molecule has 0 aromatic heterocycles. The van der Waals surface area contributed by atoms with Crippen molar-refractivity contribution >= 4 is 12.9 Å². The molecule has 1 aromatic rings. The summed E-state index contributed by atoms with van der Waals surface area (Å²) in [6, 6.07) is 5.46. The highest BCUT2D eigenvalue weighted by Gasteiger charge is 2.35. The van der Waals surface area contributed by atoms with E-state index in [2.05, 4.69) is 0 Å². The summed E-state index contributed by atoms with van der Waals surface area (Å²) in [5.41, 5.74) is -0.844. The van der Waals surface area contributed by atoms with Crippen LogP contribution in [-0.2, 0) is 4.65 Å². The third kappa shape index (κ3) is 4.15. The molecule has 0 saturated heterocycles. The van der Waals surface area contributed by atoms with E-state index in [1.807, 2.05) is 26.0 Å². The van der Waals surface area contributed by atoms with Gasteiger partial charge in [0.25, 0.3) is 0 Å². The molecule has 0 aliphatic heterocycles. The van der Waals surface area contributed by atoms with Crippen LogP contribution in [0, 0.1) is 0 Å². The van der Waals surface area contributed by atoms with Crippen LogP contribution in [0.4, 0.5) is 0 Å². The summed E-state index contributed by atoms with van der Waals surface area (Å²) >= 11 is 0. The molecule has 0 atom stereocenters. The van der Waals surface area contributed by atoms with Crippen LogP contribution in [0.2, 0.25) is 0 Å². The Morgan fingerprint density at radius 1 is 0.947 bits per heavy atom. The number of hydrogen-bond acceptors (Lipinski definition) is 4. The molecule has 0 saturated carbocycles. The summed E-state index contributed by atoms with van der Waals surface area (Å²) in [5, 5.41) is 10.0. The molecule has 1 aromatic carbocycles. The maximum atomic E-state index is 10.0. The van der Waals surface area contributed by atoms with Gasteiger partial charge in [-0.15, -0.1) is 0 Å². The minimum atomic E-state index is -0.952. The first-order valence-corrected chi connectivity index (χ1v) is 6.16. The number of ether oxygens (including phenoxy) is 2. The van der Waals surface area contributed by atoms with E-state index in [1.54, 1.807) is 41.6 Å². The summed E-state index contributed by atoms with van der Waals surface area (Å²) in [7, 11) is 4.80. The van der Waals surface area contributed by atoms with Gasteiger partial charge in [-0.05, 0) is 45.3 Å². The van der Waals surface area contributed by atoms with Gasteiger partial charge < -0.3 is 19.2 Å². The summed E-state index contributed by atoms with van der Waals surface area (Å²) < 4.78 is 16.1. The molecule has 1 rings (SSSR count). The minimum Gasteiger partial charge on any atom is -0.497 e. The smallest absolute Gasteiger partial charge is 0.331 e. The van der Waals surface area contributed by atoms with Crippen LogP contribution in [-0.4, -0.2) is 38.0 Å². The predicted octanol–water partition coefficient (Wildman–Crippen LogP) is 1.51. The highest BCUT2D eigenvalue weighted by Crippen LogP contribution is 2.24. The van der Waals surface area contributed by atoms with Crippen molar-refractivity contribution in [2.75, 3.05) is 14.2 Å². The Kier molecular flexibility index (Phi) is 4.88. The lowest BCUT2D eigenvalue weighted by molar-refractivity contribution is -0.0893. The van der Waals surface area contributed by atoms with Gasteiger partial charge in [0.1, 0.15) is 11.5 Å². The van der Waals surface area contributed by atoms with Crippen molar-refractivity contribution in [1.82, 2.24) is 0 Å². The largest absolute Gasteiger partial charge is 0.497 e. The molecule has 4 nitrogen and oxygen atoms in total. The maximum Gasteiger partial charge on any atom is 0.331 e. The molecule has 0 spiro atoms. The molecule has 0 heterocycles. The van der Waals surface area contributed by atoms with Crippen molar-refractivity contribution in [2.24, 2.45) is 0 Å². The molecule has 5 heteroatoms. The Labute approximate surface area is 116 Å². The van der Waals surface area contributed by atoms with E-state index in [4.69, 9.17) is 14.1 Å². The molecule has 0 aliphatic carbocycles.